The molecule has 2 aromatic heterocycles. The normalized spacial score (nSPS) is 10.7. The summed E-state index contributed by atoms with van der Waals surface area (Å²) in [5, 5.41) is 8.16. The van der Waals surface area contributed by atoms with Gasteiger partial charge in [-0.25, -0.2) is 0 Å². The zero-order valence-electron chi connectivity index (χ0n) is 17.0. The van der Waals surface area contributed by atoms with Crippen LogP contribution in [-0.4, -0.2) is 22.8 Å². The Morgan fingerprint density at radius 1 is 1.06 bits per heavy atom. The molecule has 0 saturated heterocycles. The third kappa shape index (κ3) is 5.25. The number of hydrogen-bond donors (Lipinski definition) is 1. The molecule has 0 atom stereocenters. The molecule has 1 amide bonds. The van der Waals surface area contributed by atoms with E-state index in [0.29, 0.717) is 39.7 Å². The minimum absolute atomic E-state index is 0.151. The molecular formula is C23H19Cl2N3O4. The first-order chi connectivity index (χ1) is 15.5. The quantitative estimate of drug-likeness (QED) is 0.358. The number of nitrogens with one attached hydrogen (secondary N) is 1. The minimum Gasteiger partial charge on any atom is -0.497 e. The van der Waals surface area contributed by atoms with Crippen molar-refractivity contribution in [3.8, 4) is 11.5 Å². The molecule has 0 aliphatic carbocycles. The number of methoxy groups -OCH3 is 1. The van der Waals surface area contributed by atoms with Crippen molar-refractivity contribution in [3.05, 3.63) is 94.0 Å². The van der Waals surface area contributed by atoms with Gasteiger partial charge in [0.25, 0.3) is 5.91 Å². The average Bonchev–Trinajstić information content (AvgIpc) is 3.45. The van der Waals surface area contributed by atoms with Gasteiger partial charge in [0.15, 0.2) is 11.6 Å². The number of aromatic nitrogens is 2. The Hall–Kier alpha value is -3.42. The molecule has 32 heavy (non-hydrogen) atoms. The van der Waals surface area contributed by atoms with Crippen molar-refractivity contribution in [3.63, 3.8) is 0 Å². The summed E-state index contributed by atoms with van der Waals surface area (Å²) in [6.45, 7) is 0.550. The lowest BCUT2D eigenvalue weighted by Crippen LogP contribution is -2.12. The number of carbonyl (C=O) groups excluding carboxylic acids is 1. The van der Waals surface area contributed by atoms with E-state index in [1.54, 1.807) is 60.5 Å². The Bertz CT molecular complexity index is 1220. The molecule has 0 unspecified atom stereocenters. The number of ether oxygens (including phenoxy) is 2. The van der Waals surface area contributed by atoms with Crippen LogP contribution in [0.25, 0.3) is 0 Å². The molecule has 0 radical (unpaired) electrons. The highest BCUT2D eigenvalue weighted by Gasteiger charge is 2.14. The number of furan rings is 1. The number of anilines is 1. The molecule has 9 heteroatoms. The van der Waals surface area contributed by atoms with Crippen LogP contribution >= 0.6 is 23.2 Å². The molecule has 164 valence electrons. The predicted molar refractivity (Wildman–Crippen MR) is 122 cm³/mol. The van der Waals surface area contributed by atoms with Crippen LogP contribution in [0.1, 0.15) is 21.9 Å². The zero-order valence-corrected chi connectivity index (χ0v) is 18.6. The summed E-state index contributed by atoms with van der Waals surface area (Å²) in [6, 6.07) is 17.5. The highest BCUT2D eigenvalue weighted by atomic mass is 35.5. The first-order valence-electron chi connectivity index (χ1n) is 9.65. The van der Waals surface area contributed by atoms with Crippen LogP contribution in [0.3, 0.4) is 0 Å². The number of rotatable bonds is 8. The Balaban J connectivity index is 1.35. The average molecular weight is 472 g/mol. The fraction of sp³-hybridized carbons (Fsp3) is 0.130. The lowest BCUT2D eigenvalue weighted by atomic mass is 10.2. The molecule has 0 spiro atoms. The van der Waals surface area contributed by atoms with Crippen molar-refractivity contribution < 1.29 is 18.7 Å². The Morgan fingerprint density at radius 2 is 1.81 bits per heavy atom. The van der Waals surface area contributed by atoms with Gasteiger partial charge in [0.1, 0.15) is 23.9 Å². The van der Waals surface area contributed by atoms with E-state index in [1.165, 1.54) is 0 Å². The van der Waals surface area contributed by atoms with Gasteiger partial charge in [-0.15, -0.1) is 0 Å². The summed E-state index contributed by atoms with van der Waals surface area (Å²) in [4.78, 5) is 12.5. The number of nitrogens with zero attached hydrogens (tertiary/aromatic N) is 2. The van der Waals surface area contributed by atoms with Crippen LogP contribution in [0.5, 0.6) is 11.5 Å². The van der Waals surface area contributed by atoms with E-state index in [9.17, 15) is 4.79 Å². The highest BCUT2D eigenvalue weighted by molar-refractivity contribution is 6.35. The summed E-state index contributed by atoms with van der Waals surface area (Å²) >= 11 is 12.4. The van der Waals surface area contributed by atoms with Gasteiger partial charge in [0.2, 0.25) is 0 Å². The summed E-state index contributed by atoms with van der Waals surface area (Å²) in [7, 11) is 1.59. The van der Waals surface area contributed by atoms with Gasteiger partial charge in [-0.2, -0.15) is 5.10 Å². The first kappa shape index (κ1) is 21.8. The topological polar surface area (TPSA) is 78.5 Å². The molecule has 2 heterocycles. The lowest BCUT2D eigenvalue weighted by Gasteiger charge is -2.07. The Kier molecular flexibility index (Phi) is 6.68. The van der Waals surface area contributed by atoms with E-state index < -0.39 is 5.91 Å². The van der Waals surface area contributed by atoms with Crippen LogP contribution in [0.15, 0.2) is 71.3 Å². The van der Waals surface area contributed by atoms with Crippen molar-refractivity contribution in [2.75, 3.05) is 12.4 Å². The molecule has 4 aromatic rings. The van der Waals surface area contributed by atoms with Crippen LogP contribution in [0, 0.1) is 0 Å². The molecule has 1 N–H and O–H groups in total. The second kappa shape index (κ2) is 9.80. The third-order valence-corrected chi connectivity index (χ3v) is 5.28. The fourth-order valence-corrected chi connectivity index (χ4v) is 3.48. The van der Waals surface area contributed by atoms with E-state index >= 15 is 0 Å². The van der Waals surface area contributed by atoms with Gasteiger partial charge in [-0.05, 0) is 36.4 Å². The van der Waals surface area contributed by atoms with Gasteiger partial charge >= 0.3 is 0 Å². The summed E-state index contributed by atoms with van der Waals surface area (Å²) < 4.78 is 18.1. The SMILES string of the molecule is COc1cccc(OCc2ccc(C(=O)Nc3ccn(Cc4c(Cl)cccc4Cl)n3)o2)c1. The maximum atomic E-state index is 12.5. The maximum absolute atomic E-state index is 12.5. The van der Waals surface area contributed by atoms with Crippen LogP contribution in [-0.2, 0) is 13.2 Å². The van der Waals surface area contributed by atoms with Crippen molar-refractivity contribution in [1.82, 2.24) is 9.78 Å². The van der Waals surface area contributed by atoms with Crippen molar-refractivity contribution >= 4 is 34.9 Å². The van der Waals surface area contributed by atoms with E-state index in [1.807, 2.05) is 18.2 Å². The largest absolute Gasteiger partial charge is 0.497 e. The molecule has 0 bridgehead atoms. The zero-order chi connectivity index (χ0) is 22.5. The lowest BCUT2D eigenvalue weighted by molar-refractivity contribution is 0.0992. The second-order valence-corrected chi connectivity index (χ2v) is 7.60. The molecule has 2 aromatic carbocycles. The number of hydrogen-bond acceptors (Lipinski definition) is 5. The van der Waals surface area contributed by atoms with E-state index in [0.717, 1.165) is 5.56 Å². The van der Waals surface area contributed by atoms with Gasteiger partial charge < -0.3 is 19.2 Å². The smallest absolute Gasteiger partial charge is 0.292 e. The summed E-state index contributed by atoms with van der Waals surface area (Å²) in [5.74, 6) is 1.95. The standard InChI is InChI=1S/C23H19Cl2N3O4/c1-30-15-4-2-5-16(12-15)31-14-17-8-9-21(32-17)23(29)26-22-10-11-28(27-22)13-18-19(24)6-3-7-20(18)25/h2-12H,13-14H2,1H3,(H,26,27,29). The minimum atomic E-state index is -0.418. The van der Waals surface area contributed by atoms with E-state index in [4.69, 9.17) is 37.1 Å². The van der Waals surface area contributed by atoms with Gasteiger partial charge in [0.05, 0.1) is 13.7 Å². The first-order valence-corrected chi connectivity index (χ1v) is 10.4. The monoisotopic (exact) mass is 471 g/mol. The molecule has 7 nitrogen and oxygen atoms in total. The van der Waals surface area contributed by atoms with Gasteiger partial charge in [-0.3, -0.25) is 9.48 Å². The predicted octanol–water partition coefficient (Wildman–Crippen LogP) is 5.67. The summed E-state index contributed by atoms with van der Waals surface area (Å²) in [6.07, 6.45) is 1.73. The van der Waals surface area contributed by atoms with E-state index in [2.05, 4.69) is 10.4 Å². The third-order valence-electron chi connectivity index (χ3n) is 4.57. The number of amides is 1. The van der Waals surface area contributed by atoms with Crippen LogP contribution in [0.4, 0.5) is 5.82 Å². The molecular weight excluding hydrogens is 453 g/mol. The van der Waals surface area contributed by atoms with Gasteiger partial charge in [0, 0.05) is 33.9 Å². The maximum Gasteiger partial charge on any atom is 0.292 e. The fourth-order valence-electron chi connectivity index (χ4n) is 2.96. The summed E-state index contributed by atoms with van der Waals surface area (Å²) in [5.41, 5.74) is 0.753. The molecule has 0 saturated carbocycles. The van der Waals surface area contributed by atoms with E-state index in [-0.39, 0.29) is 12.4 Å². The van der Waals surface area contributed by atoms with Crippen LogP contribution in [0.2, 0.25) is 10.0 Å². The molecule has 0 aliphatic heterocycles. The molecule has 0 aliphatic rings. The Labute approximate surface area is 194 Å². The number of carbonyl (C=O) groups is 1. The van der Waals surface area contributed by atoms with Crippen molar-refractivity contribution in [1.29, 1.82) is 0 Å². The van der Waals surface area contributed by atoms with Crippen molar-refractivity contribution in [2.45, 2.75) is 13.2 Å². The Morgan fingerprint density at radius 3 is 2.59 bits per heavy atom. The van der Waals surface area contributed by atoms with Crippen molar-refractivity contribution in [2.24, 2.45) is 0 Å². The number of benzene rings is 2. The highest BCUT2D eigenvalue weighted by Crippen LogP contribution is 2.25. The molecule has 4 rings (SSSR count). The molecule has 0 fully saturated rings. The number of halogens is 2. The van der Waals surface area contributed by atoms with Crippen LogP contribution < -0.4 is 14.8 Å². The van der Waals surface area contributed by atoms with Gasteiger partial charge in [-0.1, -0.05) is 35.3 Å². The second-order valence-electron chi connectivity index (χ2n) is 6.79.